The standard InChI is InChI=1S/C10H12N6O2/c1-6-4-12-10(11-2)14-8(6)16-5-13-7(15-16)9(17)18-3/h4-5H,1-3H3,(H,11,12,14). The van der Waals surface area contributed by atoms with Crippen molar-refractivity contribution in [2.45, 2.75) is 6.92 Å². The van der Waals surface area contributed by atoms with Gasteiger partial charge >= 0.3 is 5.97 Å². The van der Waals surface area contributed by atoms with E-state index in [9.17, 15) is 4.79 Å². The number of methoxy groups -OCH3 is 1. The molecule has 0 spiro atoms. The van der Waals surface area contributed by atoms with Crippen LogP contribution in [0.5, 0.6) is 0 Å². The molecule has 94 valence electrons. The van der Waals surface area contributed by atoms with E-state index < -0.39 is 5.97 Å². The number of carbonyl (C=O) groups excluding carboxylic acids is 1. The second-order valence-electron chi connectivity index (χ2n) is 3.45. The van der Waals surface area contributed by atoms with Gasteiger partial charge < -0.3 is 10.1 Å². The van der Waals surface area contributed by atoms with Crippen molar-refractivity contribution in [3.63, 3.8) is 0 Å². The highest BCUT2D eigenvalue weighted by Gasteiger charge is 2.14. The van der Waals surface area contributed by atoms with Gasteiger partial charge in [-0.05, 0) is 6.92 Å². The van der Waals surface area contributed by atoms with E-state index in [0.29, 0.717) is 11.8 Å². The summed E-state index contributed by atoms with van der Waals surface area (Å²) in [5.74, 6) is 0.415. The summed E-state index contributed by atoms with van der Waals surface area (Å²) in [5, 5.41) is 6.83. The molecular formula is C10H12N6O2. The van der Waals surface area contributed by atoms with E-state index in [1.807, 2.05) is 6.92 Å². The third kappa shape index (κ3) is 2.12. The fourth-order valence-electron chi connectivity index (χ4n) is 1.34. The van der Waals surface area contributed by atoms with Crippen LogP contribution in [-0.4, -0.2) is 44.9 Å². The Morgan fingerprint density at radius 1 is 1.44 bits per heavy atom. The number of ether oxygens (including phenoxy) is 1. The molecule has 8 heteroatoms. The summed E-state index contributed by atoms with van der Waals surface area (Å²) < 4.78 is 5.95. The van der Waals surface area contributed by atoms with Gasteiger partial charge in [0.2, 0.25) is 5.95 Å². The fourth-order valence-corrected chi connectivity index (χ4v) is 1.34. The minimum atomic E-state index is -0.589. The average Bonchev–Trinajstić information content (AvgIpc) is 2.88. The van der Waals surface area contributed by atoms with Gasteiger partial charge in [0.25, 0.3) is 5.82 Å². The molecule has 2 rings (SSSR count). The fraction of sp³-hybridized carbons (Fsp3) is 0.300. The van der Waals surface area contributed by atoms with Crippen LogP contribution in [0.1, 0.15) is 16.2 Å². The molecule has 0 saturated carbocycles. The first kappa shape index (κ1) is 12.0. The van der Waals surface area contributed by atoms with Gasteiger partial charge in [0.15, 0.2) is 5.82 Å². The molecule has 0 bridgehead atoms. The molecule has 0 aliphatic carbocycles. The zero-order valence-corrected chi connectivity index (χ0v) is 10.2. The lowest BCUT2D eigenvalue weighted by Crippen LogP contribution is -2.08. The van der Waals surface area contributed by atoms with Crippen LogP contribution >= 0.6 is 0 Å². The molecule has 0 unspecified atom stereocenters. The first-order valence-electron chi connectivity index (χ1n) is 5.17. The van der Waals surface area contributed by atoms with Gasteiger partial charge in [-0.2, -0.15) is 4.98 Å². The average molecular weight is 248 g/mol. The quantitative estimate of drug-likeness (QED) is 0.775. The maximum absolute atomic E-state index is 11.3. The molecule has 2 heterocycles. The molecule has 2 aromatic heterocycles. The summed E-state index contributed by atoms with van der Waals surface area (Å²) >= 11 is 0. The zero-order chi connectivity index (χ0) is 13.1. The van der Waals surface area contributed by atoms with E-state index in [0.717, 1.165) is 5.56 Å². The van der Waals surface area contributed by atoms with E-state index in [1.165, 1.54) is 18.1 Å². The van der Waals surface area contributed by atoms with Crippen LogP contribution in [0, 0.1) is 6.92 Å². The third-order valence-corrected chi connectivity index (χ3v) is 2.25. The van der Waals surface area contributed by atoms with Crippen molar-refractivity contribution in [1.82, 2.24) is 24.7 Å². The summed E-state index contributed by atoms with van der Waals surface area (Å²) in [6.07, 6.45) is 3.06. The Bertz CT molecular complexity index is 579. The van der Waals surface area contributed by atoms with E-state index in [2.05, 4.69) is 30.1 Å². The molecule has 0 saturated heterocycles. The Labute approximate surface area is 103 Å². The molecule has 0 amide bonds. The molecule has 0 aromatic carbocycles. The first-order chi connectivity index (χ1) is 8.65. The molecule has 0 radical (unpaired) electrons. The lowest BCUT2D eigenvalue weighted by Gasteiger charge is -2.05. The van der Waals surface area contributed by atoms with Crippen LogP contribution < -0.4 is 5.32 Å². The molecular weight excluding hydrogens is 236 g/mol. The number of nitrogens with zero attached hydrogens (tertiary/aromatic N) is 5. The summed E-state index contributed by atoms with van der Waals surface area (Å²) in [6, 6.07) is 0. The molecule has 0 aliphatic rings. The number of aryl methyl sites for hydroxylation is 1. The zero-order valence-electron chi connectivity index (χ0n) is 10.2. The van der Waals surface area contributed by atoms with Crippen LogP contribution in [0.25, 0.3) is 5.82 Å². The Kier molecular flexibility index (Phi) is 3.18. The Morgan fingerprint density at radius 2 is 2.22 bits per heavy atom. The second-order valence-corrected chi connectivity index (χ2v) is 3.45. The number of rotatable bonds is 3. The minimum absolute atomic E-state index is 0.0125. The maximum atomic E-state index is 11.3. The van der Waals surface area contributed by atoms with Crippen molar-refractivity contribution < 1.29 is 9.53 Å². The van der Waals surface area contributed by atoms with E-state index in [-0.39, 0.29) is 5.82 Å². The number of carbonyl (C=O) groups is 1. The number of anilines is 1. The molecule has 1 N–H and O–H groups in total. The van der Waals surface area contributed by atoms with Crippen molar-refractivity contribution in [2.75, 3.05) is 19.5 Å². The highest BCUT2D eigenvalue weighted by atomic mass is 16.5. The molecule has 0 aliphatic heterocycles. The third-order valence-electron chi connectivity index (χ3n) is 2.25. The van der Waals surface area contributed by atoms with Crippen LogP contribution in [0.2, 0.25) is 0 Å². The van der Waals surface area contributed by atoms with Gasteiger partial charge in [-0.3, -0.25) is 0 Å². The number of nitrogens with one attached hydrogen (secondary N) is 1. The summed E-state index contributed by atoms with van der Waals surface area (Å²) in [5.41, 5.74) is 0.815. The molecule has 8 nitrogen and oxygen atoms in total. The van der Waals surface area contributed by atoms with Gasteiger partial charge in [-0.1, -0.05) is 0 Å². The van der Waals surface area contributed by atoms with Crippen LogP contribution in [0.4, 0.5) is 5.95 Å². The number of hydrogen-bond acceptors (Lipinski definition) is 7. The highest BCUT2D eigenvalue weighted by Crippen LogP contribution is 2.11. The summed E-state index contributed by atoms with van der Waals surface area (Å²) in [4.78, 5) is 23.4. The van der Waals surface area contributed by atoms with E-state index in [1.54, 1.807) is 13.2 Å². The Morgan fingerprint density at radius 3 is 2.89 bits per heavy atom. The van der Waals surface area contributed by atoms with E-state index in [4.69, 9.17) is 0 Å². The largest absolute Gasteiger partial charge is 0.463 e. The molecule has 0 atom stereocenters. The number of esters is 1. The lowest BCUT2D eigenvalue weighted by molar-refractivity contribution is 0.0587. The Hall–Kier alpha value is -2.51. The predicted molar refractivity (Wildman–Crippen MR) is 62.6 cm³/mol. The van der Waals surface area contributed by atoms with Crippen molar-refractivity contribution >= 4 is 11.9 Å². The maximum Gasteiger partial charge on any atom is 0.377 e. The van der Waals surface area contributed by atoms with Crippen LogP contribution in [0.15, 0.2) is 12.5 Å². The first-order valence-corrected chi connectivity index (χ1v) is 5.17. The normalized spacial score (nSPS) is 10.2. The molecule has 2 aromatic rings. The van der Waals surface area contributed by atoms with Gasteiger partial charge in [-0.25, -0.2) is 19.4 Å². The summed E-state index contributed by atoms with van der Waals surface area (Å²) in [7, 11) is 2.99. The molecule has 18 heavy (non-hydrogen) atoms. The number of aromatic nitrogens is 5. The monoisotopic (exact) mass is 248 g/mol. The van der Waals surface area contributed by atoms with Gasteiger partial charge in [0.05, 0.1) is 7.11 Å². The van der Waals surface area contributed by atoms with Gasteiger partial charge in [0, 0.05) is 18.8 Å². The summed E-state index contributed by atoms with van der Waals surface area (Å²) in [6.45, 7) is 1.84. The van der Waals surface area contributed by atoms with E-state index >= 15 is 0 Å². The van der Waals surface area contributed by atoms with Crippen molar-refractivity contribution in [2.24, 2.45) is 0 Å². The minimum Gasteiger partial charge on any atom is -0.463 e. The highest BCUT2D eigenvalue weighted by molar-refractivity contribution is 5.84. The molecule has 0 fully saturated rings. The topological polar surface area (TPSA) is 94.8 Å². The van der Waals surface area contributed by atoms with Gasteiger partial charge in [-0.15, -0.1) is 5.10 Å². The SMILES string of the molecule is CNc1ncc(C)c(-n2cnc(C(=O)OC)n2)n1. The van der Waals surface area contributed by atoms with Crippen molar-refractivity contribution in [1.29, 1.82) is 0 Å². The Balaban J connectivity index is 2.42. The van der Waals surface area contributed by atoms with Crippen molar-refractivity contribution in [3.8, 4) is 5.82 Å². The van der Waals surface area contributed by atoms with Crippen LogP contribution in [-0.2, 0) is 4.74 Å². The second kappa shape index (κ2) is 4.78. The van der Waals surface area contributed by atoms with Crippen LogP contribution in [0.3, 0.4) is 0 Å². The lowest BCUT2D eigenvalue weighted by atomic mass is 10.3. The van der Waals surface area contributed by atoms with Gasteiger partial charge in [0.1, 0.15) is 6.33 Å². The number of hydrogen-bond donors (Lipinski definition) is 1. The predicted octanol–water partition coefficient (Wildman–Crippen LogP) is 0.194. The van der Waals surface area contributed by atoms with Crippen molar-refractivity contribution in [3.05, 3.63) is 23.9 Å². The smallest absolute Gasteiger partial charge is 0.377 e.